The zero-order valence-electron chi connectivity index (χ0n) is 9.50. The first-order valence-electron chi connectivity index (χ1n) is 5.57. The van der Waals surface area contributed by atoms with E-state index in [1.54, 1.807) is 0 Å². The molecule has 82 valence electrons. The van der Waals surface area contributed by atoms with Crippen molar-refractivity contribution < 1.29 is 4.79 Å². The Hall–Kier alpha value is -1.77. The summed E-state index contributed by atoms with van der Waals surface area (Å²) in [6.07, 6.45) is 0.554. The highest BCUT2D eigenvalue weighted by molar-refractivity contribution is 6.03. The first-order chi connectivity index (χ1) is 7.68. The number of nitrogens with one attached hydrogen (secondary N) is 1. The number of carbonyl (C=O) groups is 1. The van der Waals surface area contributed by atoms with Crippen LogP contribution in [0.5, 0.6) is 0 Å². The quantitative estimate of drug-likeness (QED) is 0.718. The van der Waals surface area contributed by atoms with Crippen molar-refractivity contribution in [1.82, 2.24) is 4.57 Å². The normalized spacial score (nSPS) is 15.0. The van der Waals surface area contributed by atoms with Gasteiger partial charge in [0.15, 0.2) is 0 Å². The summed E-state index contributed by atoms with van der Waals surface area (Å²) in [7, 11) is 0. The van der Waals surface area contributed by atoms with Gasteiger partial charge in [-0.3, -0.25) is 4.79 Å². The summed E-state index contributed by atoms with van der Waals surface area (Å²) in [5, 5.41) is 4.21. The SMILES string of the molecule is Cc1c(C)n2c3c(cccc13)NC(=O)CC2. The molecule has 0 spiro atoms. The standard InChI is InChI=1S/C13H14N2O/c1-8-9(2)15-7-6-12(16)14-11-5-3-4-10(8)13(11)15/h3-5H,6-7H2,1-2H3,(H,14,16). The van der Waals surface area contributed by atoms with Crippen molar-refractivity contribution in [3.05, 3.63) is 29.5 Å². The first-order valence-corrected chi connectivity index (χ1v) is 5.57. The third-order valence-electron chi connectivity index (χ3n) is 3.49. The predicted octanol–water partition coefficient (Wildman–Crippen LogP) is 2.60. The zero-order valence-corrected chi connectivity index (χ0v) is 9.50. The van der Waals surface area contributed by atoms with E-state index >= 15 is 0 Å². The molecule has 0 atom stereocenters. The van der Waals surface area contributed by atoms with Gasteiger partial charge in [0.2, 0.25) is 5.91 Å². The fraction of sp³-hybridized carbons (Fsp3) is 0.308. The van der Waals surface area contributed by atoms with Crippen molar-refractivity contribution in [2.45, 2.75) is 26.8 Å². The van der Waals surface area contributed by atoms with Gasteiger partial charge in [-0.1, -0.05) is 12.1 Å². The number of hydrogen-bond donors (Lipinski definition) is 1. The average Bonchev–Trinajstić information content (AvgIpc) is 2.44. The lowest BCUT2D eigenvalue weighted by Crippen LogP contribution is -2.10. The summed E-state index contributed by atoms with van der Waals surface area (Å²) in [5.41, 5.74) is 4.69. The van der Waals surface area contributed by atoms with Gasteiger partial charge < -0.3 is 9.88 Å². The second kappa shape index (κ2) is 3.11. The monoisotopic (exact) mass is 214 g/mol. The Bertz CT molecular complexity index is 595. The van der Waals surface area contributed by atoms with Crippen LogP contribution in [0.2, 0.25) is 0 Å². The predicted molar refractivity (Wildman–Crippen MR) is 64.7 cm³/mol. The van der Waals surface area contributed by atoms with Crippen molar-refractivity contribution >= 4 is 22.5 Å². The molecule has 1 amide bonds. The van der Waals surface area contributed by atoms with Crippen LogP contribution in [0.3, 0.4) is 0 Å². The van der Waals surface area contributed by atoms with Gasteiger partial charge in [-0.25, -0.2) is 0 Å². The molecule has 0 bridgehead atoms. The summed E-state index contributed by atoms with van der Waals surface area (Å²) in [5.74, 6) is 0.105. The highest BCUT2D eigenvalue weighted by atomic mass is 16.1. The van der Waals surface area contributed by atoms with Gasteiger partial charge in [0.1, 0.15) is 0 Å². The second-order valence-corrected chi connectivity index (χ2v) is 4.36. The number of nitrogens with zero attached hydrogens (tertiary/aromatic N) is 1. The minimum absolute atomic E-state index is 0.105. The van der Waals surface area contributed by atoms with Crippen molar-refractivity contribution in [3.63, 3.8) is 0 Å². The van der Waals surface area contributed by atoms with E-state index in [1.165, 1.54) is 22.2 Å². The maximum atomic E-state index is 11.6. The Morgan fingerprint density at radius 3 is 2.94 bits per heavy atom. The van der Waals surface area contributed by atoms with Crippen LogP contribution >= 0.6 is 0 Å². The Balaban J connectivity index is 2.44. The van der Waals surface area contributed by atoms with E-state index < -0.39 is 0 Å². The number of rotatable bonds is 0. The maximum Gasteiger partial charge on any atom is 0.226 e. The summed E-state index contributed by atoms with van der Waals surface area (Å²) in [6.45, 7) is 5.04. The van der Waals surface area contributed by atoms with E-state index in [4.69, 9.17) is 0 Å². The molecule has 16 heavy (non-hydrogen) atoms. The highest BCUT2D eigenvalue weighted by Gasteiger charge is 2.18. The Morgan fingerprint density at radius 2 is 2.12 bits per heavy atom. The first kappa shape index (κ1) is 9.46. The fourth-order valence-corrected chi connectivity index (χ4v) is 2.51. The van der Waals surface area contributed by atoms with E-state index in [-0.39, 0.29) is 5.91 Å². The fourth-order valence-electron chi connectivity index (χ4n) is 2.51. The van der Waals surface area contributed by atoms with Crippen molar-refractivity contribution in [2.75, 3.05) is 5.32 Å². The van der Waals surface area contributed by atoms with Crippen molar-refractivity contribution in [3.8, 4) is 0 Å². The lowest BCUT2D eigenvalue weighted by molar-refractivity contribution is -0.116. The number of amides is 1. The Labute approximate surface area is 94.1 Å². The number of para-hydroxylation sites is 1. The van der Waals surface area contributed by atoms with Crippen LogP contribution in [0.15, 0.2) is 18.2 Å². The lowest BCUT2D eigenvalue weighted by atomic mass is 10.1. The van der Waals surface area contributed by atoms with Crippen molar-refractivity contribution in [1.29, 1.82) is 0 Å². The third-order valence-corrected chi connectivity index (χ3v) is 3.49. The zero-order chi connectivity index (χ0) is 11.3. The van der Waals surface area contributed by atoms with Gasteiger partial charge in [-0.05, 0) is 25.5 Å². The van der Waals surface area contributed by atoms with E-state index in [1.807, 2.05) is 12.1 Å². The number of anilines is 1. The Morgan fingerprint density at radius 1 is 1.31 bits per heavy atom. The van der Waals surface area contributed by atoms with E-state index in [0.717, 1.165) is 12.2 Å². The molecule has 1 aromatic heterocycles. The molecule has 2 heterocycles. The van der Waals surface area contributed by atoms with Crippen LogP contribution in [-0.2, 0) is 11.3 Å². The second-order valence-electron chi connectivity index (χ2n) is 4.36. The van der Waals surface area contributed by atoms with Crippen LogP contribution in [0.4, 0.5) is 5.69 Å². The molecule has 0 aliphatic carbocycles. The molecule has 1 N–H and O–H groups in total. The minimum atomic E-state index is 0.105. The number of benzene rings is 1. The highest BCUT2D eigenvalue weighted by Crippen LogP contribution is 2.32. The summed E-state index contributed by atoms with van der Waals surface area (Å²) >= 11 is 0. The molecule has 0 unspecified atom stereocenters. The molecule has 3 heteroatoms. The van der Waals surface area contributed by atoms with Crippen molar-refractivity contribution in [2.24, 2.45) is 0 Å². The Kier molecular flexibility index (Phi) is 1.84. The van der Waals surface area contributed by atoms with Gasteiger partial charge in [-0.2, -0.15) is 0 Å². The van der Waals surface area contributed by atoms with E-state index in [2.05, 4.69) is 29.8 Å². The van der Waals surface area contributed by atoms with Crippen LogP contribution in [0.25, 0.3) is 10.9 Å². The molecule has 1 aromatic carbocycles. The summed E-state index contributed by atoms with van der Waals surface area (Å²) < 4.78 is 2.25. The topological polar surface area (TPSA) is 34.0 Å². The van der Waals surface area contributed by atoms with E-state index in [9.17, 15) is 4.79 Å². The number of hydrogen-bond acceptors (Lipinski definition) is 1. The molecule has 0 fully saturated rings. The maximum absolute atomic E-state index is 11.6. The lowest BCUT2D eigenvalue weighted by Gasteiger charge is -2.04. The number of aromatic nitrogens is 1. The minimum Gasteiger partial charge on any atom is -0.342 e. The molecular formula is C13H14N2O. The van der Waals surface area contributed by atoms with Crippen LogP contribution < -0.4 is 5.32 Å². The molecule has 0 saturated carbocycles. The molecular weight excluding hydrogens is 200 g/mol. The molecule has 3 nitrogen and oxygen atoms in total. The van der Waals surface area contributed by atoms with Crippen LogP contribution in [-0.4, -0.2) is 10.5 Å². The molecule has 2 aromatic rings. The number of carbonyl (C=O) groups excluding carboxylic acids is 1. The van der Waals surface area contributed by atoms with Gasteiger partial charge in [0.25, 0.3) is 0 Å². The summed E-state index contributed by atoms with van der Waals surface area (Å²) in [6, 6.07) is 6.09. The molecule has 0 radical (unpaired) electrons. The van der Waals surface area contributed by atoms with E-state index in [0.29, 0.717) is 6.42 Å². The molecule has 1 aliphatic heterocycles. The summed E-state index contributed by atoms with van der Waals surface area (Å²) in [4.78, 5) is 11.6. The smallest absolute Gasteiger partial charge is 0.226 e. The molecule has 3 rings (SSSR count). The largest absolute Gasteiger partial charge is 0.342 e. The average molecular weight is 214 g/mol. The van der Waals surface area contributed by atoms with Crippen LogP contribution in [0, 0.1) is 13.8 Å². The molecule has 1 aliphatic rings. The van der Waals surface area contributed by atoms with Gasteiger partial charge in [0.05, 0.1) is 11.2 Å². The van der Waals surface area contributed by atoms with Crippen LogP contribution in [0.1, 0.15) is 17.7 Å². The molecule has 0 saturated heterocycles. The number of aryl methyl sites for hydroxylation is 2. The van der Waals surface area contributed by atoms with Gasteiger partial charge in [-0.15, -0.1) is 0 Å². The van der Waals surface area contributed by atoms with Gasteiger partial charge in [0, 0.05) is 24.0 Å². The van der Waals surface area contributed by atoms with Gasteiger partial charge >= 0.3 is 0 Å². The third kappa shape index (κ3) is 1.11.